The van der Waals surface area contributed by atoms with E-state index < -0.39 is 244 Å². The maximum atomic E-state index is 13.2. The number of ether oxygens (including phenoxy) is 8. The van der Waals surface area contributed by atoms with Gasteiger partial charge in [-0.1, -0.05) is 188 Å². The second-order valence-electron chi connectivity index (χ2n) is 46.1. The summed E-state index contributed by atoms with van der Waals surface area (Å²) in [5, 5.41) is 116. The van der Waals surface area contributed by atoms with Gasteiger partial charge in [0.1, 0.15) is 46.8 Å². The molecular weight excluding hydrogens is 1810 g/mol. The van der Waals surface area contributed by atoms with Gasteiger partial charge in [-0.2, -0.15) is 0 Å². The van der Waals surface area contributed by atoms with Gasteiger partial charge < -0.3 is 89.0 Å². The number of hydrogen-bond acceptors (Lipinski definition) is 30. The minimum Gasteiger partial charge on any atom is -0.461 e. The summed E-state index contributed by atoms with van der Waals surface area (Å²) < 4.78 is 46.8. The minimum absolute atomic E-state index is 0.0188. The zero-order valence-corrected chi connectivity index (χ0v) is 85.6. The Balaban J connectivity index is 0.000000150. The van der Waals surface area contributed by atoms with E-state index in [0.29, 0.717) is 57.4 Å². The van der Waals surface area contributed by atoms with Crippen LogP contribution in [0.1, 0.15) is 223 Å². The van der Waals surface area contributed by atoms with E-state index in [4.69, 9.17) is 37.9 Å². The lowest BCUT2D eigenvalue weighted by atomic mass is 9.60. The van der Waals surface area contributed by atoms with Crippen LogP contribution in [-0.2, 0) is 95.4 Å². The minimum atomic E-state index is -1.94. The van der Waals surface area contributed by atoms with Gasteiger partial charge in [-0.15, -0.1) is 0 Å². The lowest BCUT2D eigenvalue weighted by Gasteiger charge is -2.50. The molecular formula is C111H144O30. The fourth-order valence-electron chi connectivity index (χ4n) is 28.9. The summed E-state index contributed by atoms with van der Waals surface area (Å²) in [5.74, 6) is -16.4. The molecule has 30 atom stereocenters. The molecule has 141 heavy (non-hydrogen) atoms. The summed E-state index contributed by atoms with van der Waals surface area (Å²) >= 11 is 0. The highest BCUT2D eigenvalue weighted by atomic mass is 16.6. The molecule has 8 saturated carbocycles. The van der Waals surface area contributed by atoms with E-state index >= 15 is 0 Å². The zero-order chi connectivity index (χ0) is 105. The van der Waals surface area contributed by atoms with Crippen LogP contribution in [0.4, 0.5) is 0 Å². The molecule has 2 unspecified atom stereocenters. The number of hydrogen-bond donors (Lipinski definition) is 10. The summed E-state index contributed by atoms with van der Waals surface area (Å²) in [6.07, 6.45) is 23.5. The van der Waals surface area contributed by atoms with E-state index in [2.05, 4.69) is 0 Å². The Morgan fingerprint density at radius 1 is 0.369 bits per heavy atom. The summed E-state index contributed by atoms with van der Waals surface area (Å²) in [5.41, 5.74) is -16.4. The Morgan fingerprint density at radius 3 is 0.915 bits per heavy atom. The molecule has 30 heteroatoms. The largest absolute Gasteiger partial charge is 0.461 e. The molecule has 16 aliphatic carbocycles. The number of aliphatic hydroxyl groups excluding tert-OH is 2. The highest BCUT2D eigenvalue weighted by Gasteiger charge is 2.91. The van der Waals surface area contributed by atoms with Gasteiger partial charge in [0.05, 0.1) is 65.2 Å². The lowest BCUT2D eigenvalue weighted by Crippen LogP contribution is -2.61. The van der Waals surface area contributed by atoms with Gasteiger partial charge in [-0.3, -0.25) is 43.2 Å². The van der Waals surface area contributed by atoms with Crippen molar-refractivity contribution in [2.45, 2.75) is 296 Å². The first-order valence-corrected chi connectivity index (χ1v) is 49.7. The Labute approximate surface area is 824 Å². The number of allylic oxidation sites excluding steroid dienone is 2. The van der Waals surface area contributed by atoms with E-state index in [1.54, 1.807) is 165 Å². The van der Waals surface area contributed by atoms with E-state index in [1.165, 1.54) is 32.1 Å². The highest BCUT2D eigenvalue weighted by molar-refractivity contribution is 6.07. The fraction of sp³-hybridized carbons (Fsp3) is 0.640. The molecule has 8 fully saturated rings. The Morgan fingerprint density at radius 2 is 0.631 bits per heavy atom. The van der Waals surface area contributed by atoms with Gasteiger partial charge in [0.25, 0.3) is 0 Å². The summed E-state index contributed by atoms with van der Waals surface area (Å²) in [4.78, 5) is 152. The molecule has 0 amide bonds. The van der Waals surface area contributed by atoms with Crippen LogP contribution < -0.4 is 0 Å². The number of ketones is 4. The van der Waals surface area contributed by atoms with Crippen molar-refractivity contribution in [1.29, 1.82) is 0 Å². The van der Waals surface area contributed by atoms with Crippen LogP contribution in [0.3, 0.4) is 0 Å². The van der Waals surface area contributed by atoms with Gasteiger partial charge >= 0.3 is 47.8 Å². The van der Waals surface area contributed by atoms with E-state index in [9.17, 15) is 109 Å². The fourth-order valence-corrected chi connectivity index (χ4v) is 28.9. The number of rotatable bonds is 19. The van der Waals surface area contributed by atoms with Gasteiger partial charge in [0.2, 0.25) is 0 Å². The summed E-state index contributed by atoms with van der Waals surface area (Å²) in [6.45, 7) is 40.9. The third-order valence-corrected chi connectivity index (χ3v) is 36.1. The number of carbonyl (C=O) groups excluding carboxylic acids is 12. The third-order valence-electron chi connectivity index (χ3n) is 36.1. The molecule has 1 aromatic rings. The van der Waals surface area contributed by atoms with Crippen LogP contribution in [0.25, 0.3) is 6.08 Å². The van der Waals surface area contributed by atoms with E-state index in [0.717, 1.165) is 5.56 Å². The van der Waals surface area contributed by atoms with Crippen molar-refractivity contribution < 1.29 is 146 Å². The van der Waals surface area contributed by atoms with E-state index in [1.807, 2.05) is 84.0 Å². The Bertz CT molecular complexity index is 5730. The lowest BCUT2D eigenvalue weighted by molar-refractivity contribution is -0.189. The molecule has 16 aliphatic rings. The number of Topliss-reactive ketones (excluding diaryl/α,β-unsaturated/α-hetero) is 4. The van der Waals surface area contributed by atoms with Gasteiger partial charge in [-0.05, 0) is 161 Å². The molecule has 0 saturated heterocycles. The average Bonchev–Trinajstić information content (AvgIpc) is 1.49. The van der Waals surface area contributed by atoms with Crippen LogP contribution in [0.15, 0.2) is 154 Å². The molecule has 10 N–H and O–H groups in total. The summed E-state index contributed by atoms with van der Waals surface area (Å²) in [7, 11) is 0. The van der Waals surface area contributed by atoms with Crippen molar-refractivity contribution in [3.63, 3.8) is 0 Å². The quantitative estimate of drug-likeness (QED) is 0.0266. The topological polar surface area (TPSA) is 481 Å². The highest BCUT2D eigenvalue weighted by Crippen LogP contribution is 2.81. The van der Waals surface area contributed by atoms with Gasteiger partial charge in [0, 0.05) is 128 Å². The van der Waals surface area contributed by atoms with Crippen molar-refractivity contribution in [2.24, 2.45) is 123 Å². The van der Waals surface area contributed by atoms with Crippen molar-refractivity contribution in [3.05, 3.63) is 159 Å². The van der Waals surface area contributed by atoms with Crippen molar-refractivity contribution in [2.75, 3.05) is 26.4 Å². The summed E-state index contributed by atoms with van der Waals surface area (Å²) in [6, 6.07) is 9.51. The molecule has 0 bridgehead atoms. The molecule has 1 aromatic carbocycles. The first-order chi connectivity index (χ1) is 65.3. The number of carbonyl (C=O) groups is 12. The number of aliphatic hydroxyl groups is 10. The van der Waals surface area contributed by atoms with Crippen LogP contribution in [0.5, 0.6) is 0 Å². The number of fused-ring (bicyclic) bond motifs is 20. The molecule has 0 radical (unpaired) electrons. The van der Waals surface area contributed by atoms with Crippen molar-refractivity contribution >= 4 is 77.0 Å². The maximum absolute atomic E-state index is 13.2. The van der Waals surface area contributed by atoms with Crippen molar-refractivity contribution in [1.82, 2.24) is 0 Å². The standard InChI is InChI=1S/C29H38O9.C29H34O6.C27H36O8.C26H36O7/c1-8-9-22(31)37-26(7)23-20-11-19(14-36-18(6)30)13-27(34)21(10-16(4)24(27)32)29(20,35)17(5)12-28(23,26)38-25(33)15(2)3;1-17-12-22-27(33,25(17)32)15-20(16-30)13-21-24-26(3,4)28(24,14-18(2)29(21,22)34)35-23(31)11-10-19-8-6-5-7-9-19;1-7-8-20(29)34-24(6)21-18-10-17(13-28)12-25(32)19(9-15(4)22(25)30)27(18,33)16(5)11-26(21,24)35-23(31)14(2)3;1-13(2)22(29)33-25-10-15(4)26(31)18(20(25)23(25,6)7)9-17(12-32-16(5)27)11-24(30)19(26)8-14(3)21(24)28/h8-11,15,17,20-21,23,34-35H,12-14H2,1-7H3;5-13,18,21-22,24,30,33-34H,14-16H2,1-4H3;7-10,14,16,18-19,21,28,32-33H,11-13H2,1-6H3;8-9,13,15,18-20,30-31H,10-12H2,1-7H3/b9-8+;11-10+;8-7+;/t17-,20+,21-,23-,26?,27-,28+,29-;18-,21+,22-,24-,27-,28+,29-;16-,18+,19-,21-,24?,25-,26+,27-;15-,18+,19-,20-,24-,25+,26-/m1111/s1. The predicted molar refractivity (Wildman–Crippen MR) is 511 cm³/mol. The molecule has 0 spiro atoms. The van der Waals surface area contributed by atoms with Crippen LogP contribution in [-0.4, -0.2) is 227 Å². The Kier molecular flexibility index (Phi) is 27.6. The second kappa shape index (κ2) is 36.3. The molecule has 0 aliphatic heterocycles. The van der Waals surface area contributed by atoms with Crippen LogP contribution >= 0.6 is 0 Å². The molecule has 0 aromatic heterocycles. The molecule has 30 nitrogen and oxygen atoms in total. The molecule has 17 rings (SSSR count). The van der Waals surface area contributed by atoms with Crippen LogP contribution in [0, 0.1) is 123 Å². The zero-order valence-electron chi connectivity index (χ0n) is 85.6. The van der Waals surface area contributed by atoms with E-state index in [-0.39, 0.29) is 93.9 Å². The predicted octanol–water partition coefficient (Wildman–Crippen LogP) is 10.6. The monoisotopic (exact) mass is 1960 g/mol. The maximum Gasteiger partial charge on any atom is 0.331 e. The average molecular weight is 1960 g/mol. The van der Waals surface area contributed by atoms with Crippen LogP contribution in [0.2, 0.25) is 0 Å². The first kappa shape index (κ1) is 107. The smallest absolute Gasteiger partial charge is 0.331 e. The second-order valence-corrected chi connectivity index (χ2v) is 46.1. The van der Waals surface area contributed by atoms with Gasteiger partial charge in [-0.25, -0.2) is 14.4 Å². The van der Waals surface area contributed by atoms with Crippen molar-refractivity contribution in [3.8, 4) is 0 Å². The Hall–Kier alpha value is -9.60. The molecule has 768 valence electrons. The molecule has 0 heterocycles. The number of benzene rings is 1. The number of esters is 8. The normalized spacial score (nSPS) is 42.4. The first-order valence-electron chi connectivity index (χ1n) is 49.7. The third kappa shape index (κ3) is 16.1. The van der Waals surface area contributed by atoms with Gasteiger partial charge in [0.15, 0.2) is 45.5 Å². The SMILES string of the molecule is C/C=C/C(=O)OC1(C)[C@H]2[C@@H]3C=C(CO)C[C@]4(O)C(=O)C(C)=C[C@H]4[C@@]3(O)[C@H](C)C[C@]21OC(=O)C(C)C.C/C=C/C(=O)OC1(C)[C@H]2[C@@H]3C=C(COC(C)=O)C[C@]4(O)C(=O)C(C)=C[C@H]4[C@@]3(O)[C@H](C)C[C@]21OC(=O)C(C)C.CC(=O)OCC1=C[C@H]2[C@@H]3C(C)(C)[C@]3(OC(=O)C(C)C)C[C@@H](C)[C@]2(O)[C@@H]2C=C(C)C(=O)[C@@]2(O)C1.CC1=C[C@H]2[C@@]3(O)[C@H](C)C[C@]4(OC(=O)/C=C/c5ccccc5)[C@H]([C@@H]3C=C(CO)C[C@]2(O)C1=O)C4(C)C.